The molecule has 0 amide bonds. The van der Waals surface area contributed by atoms with Gasteiger partial charge in [0.25, 0.3) is 0 Å². The largest absolute Gasteiger partial charge is 0.457 e. The number of aryl methyl sites for hydroxylation is 4. The lowest BCUT2D eigenvalue weighted by molar-refractivity contribution is 0.0472. The smallest absolute Gasteiger partial charge is 0.339 e. The van der Waals surface area contributed by atoms with E-state index < -0.39 is 5.63 Å². The Labute approximate surface area is 165 Å². The molecule has 0 atom stereocenters. The fraction of sp³-hybridized carbons (Fsp3) is 0.333. The molecule has 0 spiro atoms. The molecule has 1 heterocycles. The van der Waals surface area contributed by atoms with Crippen LogP contribution >= 0.6 is 0 Å². The summed E-state index contributed by atoms with van der Waals surface area (Å²) in [5, 5.41) is 0.805. The average Bonchev–Trinajstić information content (AvgIpc) is 2.57. The lowest BCUT2D eigenvalue weighted by Gasteiger charge is -2.14. The molecule has 0 saturated heterocycles. The van der Waals surface area contributed by atoms with Gasteiger partial charge in [0, 0.05) is 17.0 Å². The minimum Gasteiger partial charge on any atom is -0.457 e. The van der Waals surface area contributed by atoms with Crippen molar-refractivity contribution in [2.24, 2.45) is 0 Å². The highest BCUT2D eigenvalue weighted by Gasteiger charge is 2.16. The predicted molar refractivity (Wildman–Crippen MR) is 111 cm³/mol. The molecule has 4 heteroatoms. The van der Waals surface area contributed by atoms with Crippen molar-refractivity contribution in [2.45, 2.75) is 54.1 Å². The third-order valence-electron chi connectivity index (χ3n) is 5.08. The first-order valence-electron chi connectivity index (χ1n) is 9.49. The third kappa shape index (κ3) is 3.86. The van der Waals surface area contributed by atoms with E-state index in [1.807, 2.05) is 52.0 Å². The van der Waals surface area contributed by atoms with E-state index in [1.54, 1.807) is 0 Å². The Bertz CT molecular complexity index is 1100. The van der Waals surface area contributed by atoms with E-state index >= 15 is 0 Å². The maximum atomic E-state index is 12.7. The minimum atomic E-state index is -0.446. The molecule has 0 aliphatic carbocycles. The van der Waals surface area contributed by atoms with Gasteiger partial charge in [-0.3, -0.25) is 0 Å². The quantitative estimate of drug-likeness (QED) is 0.444. The fourth-order valence-electron chi connectivity index (χ4n) is 3.85. The Morgan fingerprint density at radius 2 is 1.61 bits per heavy atom. The number of benzene rings is 2. The number of esters is 1. The standard InChI is InChI=1S/C24H26O4/c1-13(2)19-11-20-18(10-22(25)28-21(20)9-15(19)4)12-27-24(26)23-16(5)7-14(3)8-17(23)6/h7-11,13H,12H2,1-6H3. The molecular formula is C24H26O4. The summed E-state index contributed by atoms with van der Waals surface area (Å²) >= 11 is 0. The maximum absolute atomic E-state index is 12.7. The van der Waals surface area contributed by atoms with Gasteiger partial charge in [0.05, 0.1) is 5.56 Å². The first-order valence-corrected chi connectivity index (χ1v) is 9.49. The lowest BCUT2D eigenvalue weighted by Crippen LogP contribution is -2.11. The summed E-state index contributed by atoms with van der Waals surface area (Å²) in [6, 6.07) is 9.25. The average molecular weight is 378 g/mol. The second-order valence-corrected chi connectivity index (χ2v) is 7.80. The van der Waals surface area contributed by atoms with Crippen LogP contribution in [0.15, 0.2) is 39.5 Å². The van der Waals surface area contributed by atoms with E-state index in [1.165, 1.54) is 11.6 Å². The van der Waals surface area contributed by atoms with Crippen LogP contribution in [0.2, 0.25) is 0 Å². The molecule has 0 saturated carbocycles. The monoisotopic (exact) mass is 378 g/mol. The molecule has 4 nitrogen and oxygen atoms in total. The van der Waals surface area contributed by atoms with Crippen molar-refractivity contribution < 1.29 is 13.9 Å². The van der Waals surface area contributed by atoms with Gasteiger partial charge in [-0.1, -0.05) is 31.5 Å². The Balaban J connectivity index is 1.97. The van der Waals surface area contributed by atoms with Crippen molar-refractivity contribution in [3.63, 3.8) is 0 Å². The van der Waals surface area contributed by atoms with Crippen molar-refractivity contribution in [3.8, 4) is 0 Å². The summed E-state index contributed by atoms with van der Waals surface area (Å²) in [5.74, 6) is -0.0443. The number of hydrogen-bond acceptors (Lipinski definition) is 4. The zero-order chi connectivity index (χ0) is 20.6. The lowest BCUT2D eigenvalue weighted by atomic mass is 9.95. The zero-order valence-electron chi connectivity index (χ0n) is 17.3. The molecule has 0 fully saturated rings. The SMILES string of the molecule is Cc1cc(C)c(C(=O)OCc2cc(=O)oc3cc(C)c(C(C)C)cc23)c(C)c1. The van der Waals surface area contributed by atoms with Gasteiger partial charge in [-0.05, 0) is 68.0 Å². The molecule has 2 aromatic carbocycles. The van der Waals surface area contributed by atoms with E-state index in [0.717, 1.165) is 27.6 Å². The molecule has 3 aromatic rings. The summed E-state index contributed by atoms with van der Waals surface area (Å²) < 4.78 is 11.0. The Hall–Kier alpha value is -2.88. The number of carbonyl (C=O) groups is 1. The molecule has 0 aliphatic rings. The highest BCUT2D eigenvalue weighted by molar-refractivity contribution is 5.93. The van der Waals surface area contributed by atoms with E-state index in [0.29, 0.717) is 22.6 Å². The second-order valence-electron chi connectivity index (χ2n) is 7.80. The topological polar surface area (TPSA) is 56.5 Å². The van der Waals surface area contributed by atoms with Crippen LogP contribution in [0, 0.1) is 27.7 Å². The third-order valence-corrected chi connectivity index (χ3v) is 5.08. The summed E-state index contributed by atoms with van der Waals surface area (Å²) in [4.78, 5) is 24.7. The molecule has 0 radical (unpaired) electrons. The van der Waals surface area contributed by atoms with Crippen molar-refractivity contribution in [2.75, 3.05) is 0 Å². The highest BCUT2D eigenvalue weighted by atomic mass is 16.5. The van der Waals surface area contributed by atoms with Crippen molar-refractivity contribution in [1.29, 1.82) is 0 Å². The number of carbonyl (C=O) groups excluding carboxylic acids is 1. The van der Waals surface area contributed by atoms with Gasteiger partial charge in [0.1, 0.15) is 12.2 Å². The van der Waals surface area contributed by atoms with Gasteiger partial charge in [-0.25, -0.2) is 9.59 Å². The van der Waals surface area contributed by atoms with Crippen LogP contribution in [0.25, 0.3) is 11.0 Å². The summed E-state index contributed by atoms with van der Waals surface area (Å²) in [5.41, 5.74) is 6.44. The van der Waals surface area contributed by atoms with Crippen LogP contribution in [0.5, 0.6) is 0 Å². The first-order chi connectivity index (χ1) is 13.2. The summed E-state index contributed by atoms with van der Waals surface area (Å²) in [7, 11) is 0. The van der Waals surface area contributed by atoms with Crippen LogP contribution in [0.4, 0.5) is 0 Å². The Morgan fingerprint density at radius 1 is 0.964 bits per heavy atom. The fourth-order valence-corrected chi connectivity index (χ4v) is 3.85. The molecule has 28 heavy (non-hydrogen) atoms. The van der Waals surface area contributed by atoms with Crippen LogP contribution in [0.3, 0.4) is 0 Å². The molecule has 0 aliphatic heterocycles. The van der Waals surface area contributed by atoms with Crippen molar-refractivity contribution in [1.82, 2.24) is 0 Å². The maximum Gasteiger partial charge on any atom is 0.339 e. The van der Waals surface area contributed by atoms with E-state index in [2.05, 4.69) is 13.8 Å². The van der Waals surface area contributed by atoms with Gasteiger partial charge in [0.15, 0.2) is 0 Å². The Kier molecular flexibility index (Phi) is 5.41. The Morgan fingerprint density at radius 3 is 2.21 bits per heavy atom. The van der Waals surface area contributed by atoms with Gasteiger partial charge in [-0.2, -0.15) is 0 Å². The molecule has 146 valence electrons. The number of hydrogen-bond donors (Lipinski definition) is 0. The molecule has 1 aromatic heterocycles. The summed E-state index contributed by atoms with van der Waals surface area (Å²) in [6.45, 7) is 12.1. The number of ether oxygens (including phenoxy) is 1. The number of rotatable bonds is 4. The van der Waals surface area contributed by atoms with Crippen molar-refractivity contribution >= 4 is 16.9 Å². The van der Waals surface area contributed by atoms with E-state index in [4.69, 9.17) is 9.15 Å². The molecule has 0 unspecified atom stereocenters. The normalized spacial score (nSPS) is 11.2. The predicted octanol–water partition coefficient (Wildman–Crippen LogP) is 5.51. The molecule has 0 bridgehead atoms. The second kappa shape index (κ2) is 7.63. The van der Waals surface area contributed by atoms with Gasteiger partial charge >= 0.3 is 11.6 Å². The first kappa shape index (κ1) is 19.9. The van der Waals surface area contributed by atoms with Crippen molar-refractivity contribution in [3.05, 3.63) is 79.7 Å². The van der Waals surface area contributed by atoms with Gasteiger partial charge < -0.3 is 9.15 Å². The van der Waals surface area contributed by atoms with Crippen LogP contribution < -0.4 is 5.63 Å². The van der Waals surface area contributed by atoms with E-state index in [9.17, 15) is 9.59 Å². The van der Waals surface area contributed by atoms with Gasteiger partial charge in [-0.15, -0.1) is 0 Å². The molecular weight excluding hydrogens is 352 g/mol. The molecule has 0 N–H and O–H groups in total. The van der Waals surface area contributed by atoms with Gasteiger partial charge in [0.2, 0.25) is 0 Å². The summed E-state index contributed by atoms with van der Waals surface area (Å²) in [6.07, 6.45) is 0. The van der Waals surface area contributed by atoms with Crippen LogP contribution in [-0.2, 0) is 11.3 Å². The molecule has 3 rings (SSSR count). The van der Waals surface area contributed by atoms with E-state index in [-0.39, 0.29) is 12.6 Å². The zero-order valence-corrected chi connectivity index (χ0v) is 17.3. The minimum absolute atomic E-state index is 0.0221. The number of fused-ring (bicyclic) bond motifs is 1. The van der Waals surface area contributed by atoms with Crippen LogP contribution in [0.1, 0.15) is 63.5 Å². The van der Waals surface area contributed by atoms with Crippen LogP contribution in [-0.4, -0.2) is 5.97 Å². The highest BCUT2D eigenvalue weighted by Crippen LogP contribution is 2.27.